The van der Waals surface area contributed by atoms with Crippen LogP contribution < -0.4 is 0 Å². The van der Waals surface area contributed by atoms with Crippen LogP contribution in [0.5, 0.6) is 0 Å². The Kier molecular flexibility index (Phi) is 59.9. The molecule has 2 radical (unpaired) electrons. The van der Waals surface area contributed by atoms with E-state index in [-0.39, 0.29) is 63.0 Å². The maximum atomic E-state index is 10.6. The summed E-state index contributed by atoms with van der Waals surface area (Å²) in [6, 6.07) is 3.52. The second kappa shape index (κ2) is 44.8. The minimum Gasteiger partial charge on any atom is -0.481 e. The number of thiophene rings is 2. The van der Waals surface area contributed by atoms with Crippen LogP contribution >= 0.6 is 113 Å². The number of esters is 2. The van der Waals surface area contributed by atoms with Crippen LogP contribution in [-0.2, 0) is 65.8 Å². The molecule has 2 rings (SSSR count). The number of hydrogen-bond donors (Lipinski definition) is 2. The third-order valence-corrected chi connectivity index (χ3v) is 8.30. The van der Waals surface area contributed by atoms with E-state index in [1.54, 1.807) is 22.9 Å². The predicted octanol–water partition coefficient (Wildman–Crippen LogP) is 10.6. The number of halogens is 4. The zero-order valence-electron chi connectivity index (χ0n) is 26.1. The Hall–Kier alpha value is 0.779. The number of carbonyl (C=O) groups excluding carboxylic acids is 3. The van der Waals surface area contributed by atoms with Crippen LogP contribution in [0.1, 0.15) is 82.6 Å². The minimum absolute atomic E-state index is 0. The average molecular weight is 1220 g/mol. The van der Waals surface area contributed by atoms with Crippen molar-refractivity contribution in [1.82, 2.24) is 0 Å². The summed E-state index contributed by atoms with van der Waals surface area (Å²) in [4.78, 5) is 51.7. The molecule has 0 saturated carbocycles. The van der Waals surface area contributed by atoms with Gasteiger partial charge >= 0.3 is 23.9 Å². The van der Waals surface area contributed by atoms with Gasteiger partial charge in [0.05, 0.1) is 33.5 Å². The molecule has 0 aliphatic rings. The first-order valence-corrected chi connectivity index (χ1v) is 19.1. The third-order valence-electron chi connectivity index (χ3n) is 3.72. The van der Waals surface area contributed by atoms with Crippen LogP contribution in [0.3, 0.4) is 0 Å². The monoisotopic (exact) mass is 1220 g/mol. The first-order chi connectivity index (χ1) is 20.6. The van der Waals surface area contributed by atoms with Gasteiger partial charge in [-0.25, -0.2) is 4.79 Å². The zero-order valence-corrected chi connectivity index (χ0v) is 39.2. The van der Waals surface area contributed by atoms with Crippen LogP contribution in [-0.4, -0.2) is 54.0 Å². The standard InChI is InChI=1S/C9H8O4S.C6H10O4.C5H4OS.C3H5I3.C3H6I.C3H7.CH4.2V/c10-8(11)4-7(9(12)13)3-6-1-2-14-5-6;1-9-5(7)3-4-6(8)10-2;6-3-5-1-2-7-4-5;1-2-3(4,5)6;1-2-3-4;1-3-2;;;/h1-3,5H,4H2,(H,10,11)(H,12,13);3-4H2,1-2H3;1-4H;2H2,1H3;3H,2H2,1H3;1,3H2,2H3;1H4;;/q;;;;2*-1;;;/b7-3-;;;;;;;;. The summed E-state index contributed by atoms with van der Waals surface area (Å²) in [5.74, 6) is -3.14. The van der Waals surface area contributed by atoms with Gasteiger partial charge in [-0.2, -0.15) is 35.5 Å². The summed E-state index contributed by atoms with van der Waals surface area (Å²) >= 11 is 12.4. The fourth-order valence-electron chi connectivity index (χ4n) is 1.66. The Morgan fingerprint density at radius 1 is 0.915 bits per heavy atom. The number of carboxylic acids is 2. The summed E-state index contributed by atoms with van der Waals surface area (Å²) in [6.07, 6.45) is 5.33. The molecule has 0 bridgehead atoms. The minimum atomic E-state index is -1.20. The summed E-state index contributed by atoms with van der Waals surface area (Å²) in [6.45, 7) is 9.80. The van der Waals surface area contributed by atoms with Gasteiger partial charge in [-0.05, 0) is 46.3 Å². The van der Waals surface area contributed by atoms with Crippen LogP contribution in [0.2, 0.25) is 0 Å². The summed E-state index contributed by atoms with van der Waals surface area (Å²) < 4.78 is 11.1. The average Bonchev–Trinajstić information content (AvgIpc) is 3.71. The van der Waals surface area contributed by atoms with E-state index in [9.17, 15) is 24.0 Å². The molecule has 0 unspecified atom stereocenters. The van der Waals surface area contributed by atoms with Crippen LogP contribution in [0.4, 0.5) is 0 Å². The van der Waals surface area contributed by atoms with Gasteiger partial charge in [-0.3, -0.25) is 23.6 Å². The summed E-state index contributed by atoms with van der Waals surface area (Å²) in [5.41, 5.74) is 1.37. The second-order valence-electron chi connectivity index (χ2n) is 7.46. The third kappa shape index (κ3) is 53.7. The van der Waals surface area contributed by atoms with E-state index in [4.69, 9.17) is 10.2 Å². The topological polar surface area (TPSA) is 144 Å². The van der Waals surface area contributed by atoms with Gasteiger partial charge < -0.3 is 49.2 Å². The van der Waals surface area contributed by atoms with Crippen molar-refractivity contribution in [3.05, 3.63) is 61.7 Å². The van der Waals surface area contributed by atoms with E-state index in [1.165, 1.54) is 55.8 Å². The van der Waals surface area contributed by atoms with Gasteiger partial charge in [0.25, 0.3) is 0 Å². The molecule has 2 aromatic heterocycles. The fraction of sp³-hybridized carbons (Fsp3) is 0.433. The smallest absolute Gasteiger partial charge is 0.332 e. The van der Waals surface area contributed by atoms with E-state index < -0.39 is 30.3 Å². The first kappa shape index (κ1) is 62.9. The molecule has 2 heterocycles. The molecule has 17 heteroatoms. The Morgan fingerprint density at radius 2 is 1.28 bits per heavy atom. The number of aldehydes is 1. The second-order valence-corrected chi connectivity index (χ2v) is 21.6. The van der Waals surface area contributed by atoms with E-state index in [1.807, 2.05) is 17.7 Å². The molecule has 47 heavy (non-hydrogen) atoms. The largest absolute Gasteiger partial charge is 0.481 e. The van der Waals surface area contributed by atoms with E-state index in [0.717, 1.165) is 18.3 Å². The zero-order chi connectivity index (χ0) is 35.0. The van der Waals surface area contributed by atoms with Crippen LogP contribution in [0.15, 0.2) is 39.2 Å². The van der Waals surface area contributed by atoms with Crippen molar-refractivity contribution < 1.29 is 80.8 Å². The van der Waals surface area contributed by atoms with Crippen molar-refractivity contribution in [2.75, 3.05) is 14.2 Å². The van der Waals surface area contributed by atoms with E-state index >= 15 is 0 Å². The van der Waals surface area contributed by atoms with Crippen LogP contribution in [0.25, 0.3) is 6.08 Å². The molecule has 0 amide bonds. The molecule has 2 N–H and O–H groups in total. The van der Waals surface area contributed by atoms with E-state index in [2.05, 4.69) is 125 Å². The predicted molar refractivity (Wildman–Crippen MR) is 221 cm³/mol. The molecule has 2 aromatic rings. The maximum Gasteiger partial charge on any atom is 0.332 e. The molecule has 0 fully saturated rings. The SMILES string of the molecule is C.CCC(I)(I)I.CC[CH-]I.COC(=O)CCC(=O)OC.O=C(O)C/C(=C/c1ccsc1)C(=O)O.O=Cc1ccsc1.[CH2-]CC.[V].[V]. The Balaban J connectivity index is -0.0000000864. The molecular formula is C30H44I4O9S2V2-2. The van der Waals surface area contributed by atoms with Crippen molar-refractivity contribution in [3.63, 3.8) is 0 Å². The normalized spacial score (nSPS) is 9.02. The van der Waals surface area contributed by atoms with Crippen molar-refractivity contribution in [2.45, 2.75) is 66.2 Å². The number of ether oxygens (including phenoxy) is 2. The molecular weight excluding hydrogens is 1180 g/mol. The molecule has 0 atom stereocenters. The van der Waals surface area contributed by atoms with Crippen molar-refractivity contribution in [3.8, 4) is 0 Å². The molecule has 0 aromatic carbocycles. The van der Waals surface area contributed by atoms with Gasteiger partial charge in [0.1, 0.15) is -0.565 Å². The van der Waals surface area contributed by atoms with E-state index in [0.29, 0.717) is 5.00 Å². The first-order valence-electron chi connectivity index (χ1n) is 12.7. The molecule has 0 saturated heterocycles. The Morgan fingerprint density at radius 3 is 1.47 bits per heavy atom. The van der Waals surface area contributed by atoms with Gasteiger partial charge in [0.2, 0.25) is 0 Å². The number of aliphatic carboxylic acids is 2. The number of hydrogen-bond acceptors (Lipinski definition) is 9. The Labute approximate surface area is 367 Å². The molecule has 9 nitrogen and oxygen atoms in total. The number of alkyl halides is 3. The molecule has 0 spiro atoms. The fourth-order valence-corrected chi connectivity index (χ4v) is 2.88. The molecule has 0 aliphatic heterocycles. The van der Waals surface area contributed by atoms with Gasteiger partial charge in [0, 0.05) is 53.6 Å². The number of carboxylic acid groups (broad SMARTS) is 2. The summed E-state index contributed by atoms with van der Waals surface area (Å²) in [7, 11) is 2.55. The van der Waals surface area contributed by atoms with Crippen molar-refractivity contribution in [1.29, 1.82) is 0 Å². The van der Waals surface area contributed by atoms with Gasteiger partial charge in [-0.15, -0.1) is 0 Å². The van der Waals surface area contributed by atoms with Crippen molar-refractivity contribution in [2.24, 2.45) is 0 Å². The van der Waals surface area contributed by atoms with Crippen molar-refractivity contribution >= 4 is 149 Å². The number of rotatable bonds is 10. The van der Waals surface area contributed by atoms with Gasteiger partial charge in [-0.1, -0.05) is 96.0 Å². The quantitative estimate of drug-likeness (QED) is 0.0593. The summed E-state index contributed by atoms with van der Waals surface area (Å²) in [5, 5.41) is 24.4. The van der Waals surface area contributed by atoms with Gasteiger partial charge in [0.15, 0.2) is 6.29 Å². The number of carbonyl (C=O) groups is 5. The maximum absolute atomic E-state index is 10.6. The van der Waals surface area contributed by atoms with Crippen LogP contribution in [0, 0.1) is 11.4 Å². The molecule has 0 aliphatic carbocycles. The number of methoxy groups -OCH3 is 2. The Bertz CT molecular complexity index is 1020. The molecule has 270 valence electrons.